The van der Waals surface area contributed by atoms with Gasteiger partial charge in [0.15, 0.2) is 0 Å². The van der Waals surface area contributed by atoms with Crippen LogP contribution in [0.5, 0.6) is 0 Å². The Kier molecular flexibility index (Phi) is 8.91. The molecule has 0 radical (unpaired) electrons. The van der Waals surface area contributed by atoms with Crippen molar-refractivity contribution >= 4 is 39.6 Å². The van der Waals surface area contributed by atoms with Crippen molar-refractivity contribution in [3.8, 4) is 0 Å². The molecule has 0 bridgehead atoms. The summed E-state index contributed by atoms with van der Waals surface area (Å²) >= 11 is 3.32. The van der Waals surface area contributed by atoms with Crippen LogP contribution in [-0.4, -0.2) is 48.5 Å². The molecule has 0 spiro atoms. The Morgan fingerprint density at radius 3 is 2.67 bits per heavy atom. The zero-order valence-corrected chi connectivity index (χ0v) is 17.8. The van der Waals surface area contributed by atoms with Gasteiger partial charge in [-0.25, -0.2) is 21.5 Å². The number of amides is 2. The number of benzene rings is 1. The minimum absolute atomic E-state index is 0.467. The largest absolute Gasteiger partial charge is 0.381 e. The summed E-state index contributed by atoms with van der Waals surface area (Å²) < 4.78 is 6.45. The second-order valence-electron chi connectivity index (χ2n) is 6.49. The highest BCUT2D eigenvalue weighted by atomic mass is 32.2. The maximum Gasteiger partial charge on any atom is 0.352 e. The Labute approximate surface area is 169 Å². The topological polar surface area (TPSA) is 97.2 Å². The highest BCUT2D eigenvalue weighted by Gasteiger charge is 2.19. The lowest BCUT2D eigenvalue weighted by Gasteiger charge is -2.24. The van der Waals surface area contributed by atoms with Crippen molar-refractivity contribution in [1.29, 1.82) is 0 Å². The molecule has 150 valence electrons. The summed E-state index contributed by atoms with van der Waals surface area (Å²) in [5.41, 5.74) is 2.75. The van der Waals surface area contributed by atoms with Gasteiger partial charge in [0.2, 0.25) is 0 Å². The monoisotopic (exact) mass is 411 g/mol. The van der Waals surface area contributed by atoms with Gasteiger partial charge in [-0.3, -0.25) is 10.0 Å². The Bertz CT molecular complexity index is 663. The highest BCUT2D eigenvalue weighted by Crippen LogP contribution is 2.29. The van der Waals surface area contributed by atoms with Crippen molar-refractivity contribution in [2.75, 3.05) is 38.1 Å². The molecule has 2 amide bonds. The van der Waals surface area contributed by atoms with E-state index < -0.39 is 6.03 Å². The Morgan fingerprint density at radius 2 is 2.04 bits per heavy atom. The molecule has 1 heterocycles. The zero-order chi connectivity index (χ0) is 19.8. The molecule has 1 fully saturated rings. The number of thioether (sulfide) groups is 2. The number of aryl methyl sites for hydroxylation is 1. The number of carbonyl (C=O) groups is 1. The van der Waals surface area contributed by atoms with E-state index >= 15 is 0 Å². The van der Waals surface area contributed by atoms with E-state index in [9.17, 15) is 4.79 Å². The van der Waals surface area contributed by atoms with E-state index in [0.29, 0.717) is 17.4 Å². The SMILES string of the molecule is CSC(=NCC1CCOCC1)SCc1c(C)cccc1N(N)C(=O)N(C)N. The number of ether oxygens (including phenoxy) is 1. The van der Waals surface area contributed by atoms with Crippen LogP contribution in [0.2, 0.25) is 0 Å². The summed E-state index contributed by atoms with van der Waals surface area (Å²) in [6.45, 7) is 4.53. The predicted molar refractivity (Wildman–Crippen MR) is 116 cm³/mol. The van der Waals surface area contributed by atoms with Crippen molar-refractivity contribution in [1.82, 2.24) is 5.01 Å². The molecule has 1 aromatic rings. The van der Waals surface area contributed by atoms with Gasteiger partial charge in [-0.1, -0.05) is 23.9 Å². The summed E-state index contributed by atoms with van der Waals surface area (Å²) in [5, 5.41) is 2.07. The molecular weight excluding hydrogens is 382 g/mol. The van der Waals surface area contributed by atoms with Crippen LogP contribution in [0.15, 0.2) is 23.2 Å². The summed E-state index contributed by atoms with van der Waals surface area (Å²) in [4.78, 5) is 16.9. The van der Waals surface area contributed by atoms with E-state index in [-0.39, 0.29) is 0 Å². The van der Waals surface area contributed by atoms with E-state index in [0.717, 1.165) is 58.1 Å². The van der Waals surface area contributed by atoms with Crippen LogP contribution in [-0.2, 0) is 10.5 Å². The smallest absolute Gasteiger partial charge is 0.352 e. The minimum atomic E-state index is -0.467. The number of nitrogens with zero attached hydrogens (tertiary/aromatic N) is 3. The van der Waals surface area contributed by atoms with Crippen LogP contribution in [0, 0.1) is 12.8 Å². The molecule has 1 saturated heterocycles. The number of urea groups is 1. The quantitative estimate of drug-likeness (QED) is 0.254. The number of nitrogens with two attached hydrogens (primary N) is 2. The van der Waals surface area contributed by atoms with Gasteiger partial charge in [-0.2, -0.15) is 0 Å². The zero-order valence-electron chi connectivity index (χ0n) is 16.2. The summed E-state index contributed by atoms with van der Waals surface area (Å²) in [6, 6.07) is 5.27. The van der Waals surface area contributed by atoms with Crippen LogP contribution < -0.4 is 16.7 Å². The first-order valence-electron chi connectivity index (χ1n) is 8.88. The molecule has 27 heavy (non-hydrogen) atoms. The molecule has 7 nitrogen and oxygen atoms in total. The maximum atomic E-state index is 12.1. The van der Waals surface area contributed by atoms with Gasteiger partial charge in [0, 0.05) is 32.6 Å². The summed E-state index contributed by atoms with van der Waals surface area (Å²) in [6.07, 6.45) is 4.19. The lowest BCUT2D eigenvalue weighted by molar-refractivity contribution is 0.0690. The number of anilines is 1. The Hall–Kier alpha value is -1.26. The van der Waals surface area contributed by atoms with Crippen LogP contribution in [0.1, 0.15) is 24.0 Å². The van der Waals surface area contributed by atoms with E-state index in [4.69, 9.17) is 21.4 Å². The van der Waals surface area contributed by atoms with Crippen molar-refractivity contribution < 1.29 is 9.53 Å². The summed E-state index contributed by atoms with van der Waals surface area (Å²) in [5.74, 6) is 12.8. The lowest BCUT2D eigenvalue weighted by atomic mass is 10.0. The van der Waals surface area contributed by atoms with Crippen molar-refractivity contribution in [3.05, 3.63) is 29.3 Å². The fraction of sp³-hybridized carbons (Fsp3) is 0.556. The van der Waals surface area contributed by atoms with E-state index in [1.165, 1.54) is 7.05 Å². The van der Waals surface area contributed by atoms with Gasteiger partial charge in [0.25, 0.3) is 0 Å². The second-order valence-corrected chi connectivity index (χ2v) is 8.51. The van der Waals surface area contributed by atoms with Gasteiger partial charge in [0.05, 0.1) is 5.69 Å². The molecule has 1 aliphatic heterocycles. The average Bonchev–Trinajstić information content (AvgIpc) is 2.68. The lowest BCUT2D eigenvalue weighted by Crippen LogP contribution is -2.49. The molecule has 0 aromatic heterocycles. The third-order valence-corrected chi connectivity index (χ3v) is 6.63. The molecule has 1 aliphatic rings. The standard InChI is InChI=1S/C18H29N5O2S2/c1-13-5-4-6-16(23(20)18(24)22(2)19)15(13)12-27-17(26-3)21-11-14-7-9-25-10-8-14/h4-6,14H,7-12,19-20H2,1-3H3. The maximum absolute atomic E-state index is 12.1. The molecule has 0 aliphatic carbocycles. The van der Waals surface area contributed by atoms with Crippen LogP contribution >= 0.6 is 23.5 Å². The first kappa shape index (κ1) is 22.0. The molecule has 1 aromatic carbocycles. The number of hydrogen-bond acceptors (Lipinski definition) is 7. The molecule has 0 saturated carbocycles. The van der Waals surface area contributed by atoms with Gasteiger partial charge in [-0.15, -0.1) is 11.8 Å². The molecule has 4 N–H and O–H groups in total. The number of carbonyl (C=O) groups excluding carboxylic acids is 1. The van der Waals surface area contributed by atoms with Gasteiger partial charge in [-0.05, 0) is 49.1 Å². The number of hydrazine groups is 2. The highest BCUT2D eigenvalue weighted by molar-refractivity contribution is 8.38. The van der Waals surface area contributed by atoms with Crippen LogP contribution in [0.3, 0.4) is 0 Å². The van der Waals surface area contributed by atoms with Gasteiger partial charge < -0.3 is 4.74 Å². The number of rotatable bonds is 5. The van der Waals surface area contributed by atoms with E-state index in [1.54, 1.807) is 23.5 Å². The molecule has 9 heteroatoms. The van der Waals surface area contributed by atoms with Gasteiger partial charge in [0.1, 0.15) is 4.38 Å². The average molecular weight is 412 g/mol. The first-order valence-corrected chi connectivity index (χ1v) is 11.1. The van der Waals surface area contributed by atoms with E-state index in [2.05, 4.69) is 0 Å². The summed E-state index contributed by atoms with van der Waals surface area (Å²) in [7, 11) is 1.47. The van der Waals surface area contributed by atoms with Crippen LogP contribution in [0.25, 0.3) is 0 Å². The first-order chi connectivity index (χ1) is 12.9. The number of aliphatic imine (C=N–C) groups is 1. The molecule has 0 atom stereocenters. The fourth-order valence-corrected chi connectivity index (χ4v) is 4.47. The van der Waals surface area contributed by atoms with Gasteiger partial charge >= 0.3 is 6.03 Å². The minimum Gasteiger partial charge on any atom is -0.381 e. The Balaban J connectivity index is 2.07. The normalized spacial score (nSPS) is 15.7. The van der Waals surface area contributed by atoms with Crippen molar-refractivity contribution in [2.45, 2.75) is 25.5 Å². The second kappa shape index (κ2) is 10.9. The molecular formula is C18H29N5O2S2. The third-order valence-electron chi connectivity index (χ3n) is 4.49. The van der Waals surface area contributed by atoms with Crippen LogP contribution in [0.4, 0.5) is 10.5 Å². The third kappa shape index (κ3) is 6.39. The predicted octanol–water partition coefficient (Wildman–Crippen LogP) is 2.98. The van der Waals surface area contributed by atoms with E-state index in [1.807, 2.05) is 31.4 Å². The molecule has 2 rings (SSSR count). The fourth-order valence-electron chi connectivity index (χ4n) is 2.81. The van der Waals surface area contributed by atoms with Crippen molar-refractivity contribution in [3.63, 3.8) is 0 Å². The van der Waals surface area contributed by atoms with Crippen molar-refractivity contribution in [2.24, 2.45) is 22.6 Å². The Morgan fingerprint density at radius 1 is 1.33 bits per heavy atom. The number of hydrogen-bond donors (Lipinski definition) is 2. The molecule has 0 unspecified atom stereocenters.